The Kier molecular flexibility index (Phi) is 2.18. The van der Waals surface area contributed by atoms with E-state index in [1.807, 2.05) is 22.7 Å². The van der Waals surface area contributed by atoms with Crippen LogP contribution in [0.2, 0.25) is 0 Å². The summed E-state index contributed by atoms with van der Waals surface area (Å²) in [7, 11) is 0. The van der Waals surface area contributed by atoms with Gasteiger partial charge in [-0.05, 0) is 24.1 Å². The van der Waals surface area contributed by atoms with E-state index in [0.29, 0.717) is 6.42 Å². The van der Waals surface area contributed by atoms with Gasteiger partial charge < -0.3 is 9.51 Å². The molecule has 4 nitrogen and oxygen atoms in total. The van der Waals surface area contributed by atoms with Gasteiger partial charge in [0.1, 0.15) is 0 Å². The van der Waals surface area contributed by atoms with E-state index in [2.05, 4.69) is 4.98 Å². The highest BCUT2D eigenvalue weighted by Crippen LogP contribution is 2.13. The van der Waals surface area contributed by atoms with Crippen LogP contribution in [0.15, 0.2) is 30.9 Å². The van der Waals surface area contributed by atoms with Gasteiger partial charge in [-0.2, -0.15) is 0 Å². The summed E-state index contributed by atoms with van der Waals surface area (Å²) >= 11 is 0. The minimum Gasteiger partial charge on any atom is -0.481 e. The van der Waals surface area contributed by atoms with Crippen LogP contribution in [0.5, 0.6) is 0 Å². The molecule has 2 aromatic rings. The molecule has 0 aliphatic carbocycles. The number of aromatic nitrogens is 2. The third-order valence-electron chi connectivity index (χ3n) is 2.16. The second-order valence-electron chi connectivity index (χ2n) is 3.11. The summed E-state index contributed by atoms with van der Waals surface area (Å²) < 4.78 is 1.89. The van der Waals surface area contributed by atoms with Crippen LogP contribution in [0.4, 0.5) is 0 Å². The van der Waals surface area contributed by atoms with E-state index in [1.54, 1.807) is 12.5 Å². The highest BCUT2D eigenvalue weighted by molar-refractivity contribution is 5.68. The number of hydrogen-bond acceptors (Lipinski definition) is 2. The highest BCUT2D eigenvalue weighted by Gasteiger charge is 2.04. The average Bonchev–Trinajstić information content (AvgIpc) is 2.58. The topological polar surface area (TPSA) is 54.6 Å². The fraction of sp³-hybridized carbons (Fsp3) is 0.200. The number of carboxylic acid groups (broad SMARTS) is 1. The standard InChI is InChI=1S/C10H10N2O2/c13-10(14)2-1-8-4-6-12-7-11-5-3-9(8)12/h3-7H,1-2H2,(H,13,14). The molecule has 0 saturated carbocycles. The molecule has 0 fully saturated rings. The van der Waals surface area contributed by atoms with Gasteiger partial charge in [-0.15, -0.1) is 0 Å². The molecule has 0 atom stereocenters. The van der Waals surface area contributed by atoms with Crippen LogP contribution < -0.4 is 0 Å². The van der Waals surface area contributed by atoms with Crippen LogP contribution >= 0.6 is 0 Å². The summed E-state index contributed by atoms with van der Waals surface area (Å²) in [6.07, 6.45) is 6.04. The second kappa shape index (κ2) is 3.49. The van der Waals surface area contributed by atoms with E-state index in [1.165, 1.54) is 0 Å². The Bertz CT molecular complexity index is 462. The summed E-state index contributed by atoms with van der Waals surface area (Å²) in [5, 5.41) is 8.57. The lowest BCUT2D eigenvalue weighted by Crippen LogP contribution is -1.97. The molecule has 4 heteroatoms. The Balaban J connectivity index is 2.29. The SMILES string of the molecule is O=C(O)CCc1ccn2cnccc12. The minimum atomic E-state index is -0.765. The van der Waals surface area contributed by atoms with Gasteiger partial charge in [-0.3, -0.25) is 4.79 Å². The normalized spacial score (nSPS) is 10.6. The van der Waals surface area contributed by atoms with Crippen LogP contribution in [0.25, 0.3) is 5.52 Å². The van der Waals surface area contributed by atoms with E-state index in [9.17, 15) is 4.79 Å². The Morgan fingerprint density at radius 3 is 3.14 bits per heavy atom. The van der Waals surface area contributed by atoms with Crippen molar-refractivity contribution >= 4 is 11.5 Å². The third kappa shape index (κ3) is 1.59. The predicted octanol–water partition coefficient (Wildman–Crippen LogP) is 1.35. The lowest BCUT2D eigenvalue weighted by atomic mass is 10.1. The van der Waals surface area contributed by atoms with Gasteiger partial charge >= 0.3 is 5.97 Å². The van der Waals surface area contributed by atoms with Gasteiger partial charge in [0.05, 0.1) is 11.8 Å². The Hall–Kier alpha value is -1.84. The zero-order valence-corrected chi connectivity index (χ0v) is 7.55. The molecule has 72 valence electrons. The number of hydrogen-bond donors (Lipinski definition) is 1. The molecule has 14 heavy (non-hydrogen) atoms. The van der Waals surface area contributed by atoms with Gasteiger partial charge in [-0.25, -0.2) is 4.98 Å². The zero-order chi connectivity index (χ0) is 9.97. The molecule has 0 unspecified atom stereocenters. The fourth-order valence-corrected chi connectivity index (χ4v) is 1.47. The number of carboxylic acids is 1. The van der Waals surface area contributed by atoms with Gasteiger partial charge in [0, 0.05) is 18.8 Å². The van der Waals surface area contributed by atoms with E-state index >= 15 is 0 Å². The average molecular weight is 190 g/mol. The molecule has 0 saturated heterocycles. The summed E-state index contributed by atoms with van der Waals surface area (Å²) in [4.78, 5) is 14.4. The molecule has 2 heterocycles. The van der Waals surface area contributed by atoms with Crippen molar-refractivity contribution < 1.29 is 9.90 Å². The Morgan fingerprint density at radius 1 is 1.50 bits per heavy atom. The first-order valence-corrected chi connectivity index (χ1v) is 4.39. The smallest absolute Gasteiger partial charge is 0.303 e. The quantitative estimate of drug-likeness (QED) is 0.794. The van der Waals surface area contributed by atoms with Crippen molar-refractivity contribution in [2.24, 2.45) is 0 Å². The van der Waals surface area contributed by atoms with Crippen molar-refractivity contribution in [1.82, 2.24) is 9.38 Å². The molecule has 1 N–H and O–H groups in total. The Labute approximate surface area is 80.8 Å². The maximum Gasteiger partial charge on any atom is 0.303 e. The zero-order valence-electron chi connectivity index (χ0n) is 7.55. The van der Waals surface area contributed by atoms with Crippen molar-refractivity contribution in [2.75, 3.05) is 0 Å². The van der Waals surface area contributed by atoms with Crippen molar-refractivity contribution in [3.8, 4) is 0 Å². The molecular weight excluding hydrogens is 180 g/mol. The monoisotopic (exact) mass is 190 g/mol. The van der Waals surface area contributed by atoms with Crippen LogP contribution in [0.3, 0.4) is 0 Å². The molecule has 0 spiro atoms. The van der Waals surface area contributed by atoms with Crippen molar-refractivity contribution in [3.05, 3.63) is 36.4 Å². The van der Waals surface area contributed by atoms with Crippen molar-refractivity contribution in [2.45, 2.75) is 12.8 Å². The number of carbonyl (C=O) groups is 1. The summed E-state index contributed by atoms with van der Waals surface area (Å²) in [5.41, 5.74) is 2.08. The van der Waals surface area contributed by atoms with Gasteiger partial charge in [0.2, 0.25) is 0 Å². The van der Waals surface area contributed by atoms with E-state index in [4.69, 9.17) is 5.11 Å². The van der Waals surface area contributed by atoms with Gasteiger partial charge in [0.15, 0.2) is 0 Å². The van der Waals surface area contributed by atoms with Crippen LogP contribution in [0.1, 0.15) is 12.0 Å². The van der Waals surface area contributed by atoms with Crippen molar-refractivity contribution in [3.63, 3.8) is 0 Å². The molecule has 0 aliphatic heterocycles. The third-order valence-corrected chi connectivity index (χ3v) is 2.16. The number of aliphatic carboxylic acids is 1. The predicted molar refractivity (Wildman–Crippen MR) is 51.1 cm³/mol. The first-order valence-electron chi connectivity index (χ1n) is 4.39. The Morgan fingerprint density at radius 2 is 2.36 bits per heavy atom. The summed E-state index contributed by atoms with van der Waals surface area (Å²) in [6.45, 7) is 0. The molecule has 0 aromatic carbocycles. The van der Waals surface area contributed by atoms with Crippen LogP contribution in [-0.4, -0.2) is 20.5 Å². The minimum absolute atomic E-state index is 0.169. The lowest BCUT2D eigenvalue weighted by molar-refractivity contribution is -0.136. The van der Waals surface area contributed by atoms with E-state index in [-0.39, 0.29) is 6.42 Å². The lowest BCUT2D eigenvalue weighted by Gasteiger charge is -1.96. The largest absolute Gasteiger partial charge is 0.481 e. The van der Waals surface area contributed by atoms with Crippen LogP contribution in [-0.2, 0) is 11.2 Å². The fourth-order valence-electron chi connectivity index (χ4n) is 1.47. The number of nitrogens with zero attached hydrogens (tertiary/aromatic N) is 2. The first-order chi connectivity index (χ1) is 6.77. The second-order valence-corrected chi connectivity index (χ2v) is 3.11. The maximum absolute atomic E-state index is 10.4. The molecule has 0 bridgehead atoms. The van der Waals surface area contributed by atoms with Gasteiger partial charge in [0.25, 0.3) is 0 Å². The number of rotatable bonds is 3. The van der Waals surface area contributed by atoms with E-state index in [0.717, 1.165) is 11.1 Å². The summed E-state index contributed by atoms with van der Waals surface area (Å²) in [5.74, 6) is -0.765. The van der Waals surface area contributed by atoms with E-state index < -0.39 is 5.97 Å². The van der Waals surface area contributed by atoms with Gasteiger partial charge in [-0.1, -0.05) is 0 Å². The molecule has 0 radical (unpaired) electrons. The maximum atomic E-state index is 10.4. The molecule has 0 aliphatic rings. The first kappa shape index (κ1) is 8.74. The molecule has 2 aromatic heterocycles. The highest BCUT2D eigenvalue weighted by atomic mass is 16.4. The van der Waals surface area contributed by atoms with Crippen molar-refractivity contribution in [1.29, 1.82) is 0 Å². The number of fused-ring (bicyclic) bond motifs is 1. The number of aryl methyl sites for hydroxylation is 1. The molecule has 2 rings (SSSR count). The summed E-state index contributed by atoms with van der Waals surface area (Å²) in [6, 6.07) is 3.82. The molecule has 0 amide bonds. The van der Waals surface area contributed by atoms with Crippen LogP contribution in [0, 0.1) is 0 Å². The molecular formula is C10H10N2O2.